The molecule has 198 valence electrons. The van der Waals surface area contributed by atoms with Crippen molar-refractivity contribution in [2.24, 2.45) is 5.73 Å². The molecule has 0 saturated carbocycles. The second-order valence-corrected chi connectivity index (χ2v) is 8.63. The van der Waals surface area contributed by atoms with Crippen LogP contribution < -0.4 is 30.6 Å². The highest BCUT2D eigenvalue weighted by Crippen LogP contribution is 2.40. The molecule has 0 radical (unpaired) electrons. The van der Waals surface area contributed by atoms with Crippen molar-refractivity contribution in [3.8, 4) is 17.2 Å². The van der Waals surface area contributed by atoms with Crippen LogP contribution in [0.4, 0.5) is 27.5 Å². The molecule has 0 aliphatic carbocycles. The number of methoxy groups -OCH3 is 3. The molecule has 37 heavy (non-hydrogen) atoms. The first-order chi connectivity index (χ1) is 17.7. The van der Waals surface area contributed by atoms with Gasteiger partial charge >= 0.3 is 0 Å². The number of nitrogens with one attached hydrogen (secondary N) is 2. The first-order valence-electron chi connectivity index (χ1n) is 10.8. The number of hydrogen-bond donors (Lipinski definition) is 4. The molecule has 1 heterocycles. The molecule has 0 aliphatic heterocycles. The summed E-state index contributed by atoms with van der Waals surface area (Å²) >= 11 is -2.46. The van der Waals surface area contributed by atoms with Crippen molar-refractivity contribution in [3.63, 3.8) is 0 Å². The number of benzene rings is 2. The van der Waals surface area contributed by atoms with Crippen molar-refractivity contribution in [1.29, 1.82) is 0 Å². The Kier molecular flexibility index (Phi) is 9.16. The van der Waals surface area contributed by atoms with Crippen LogP contribution in [-0.4, -0.2) is 56.8 Å². The zero-order valence-corrected chi connectivity index (χ0v) is 21.4. The number of carbonyl (C=O) groups excluding carboxylic acids is 1. The predicted octanol–water partition coefficient (Wildman–Crippen LogP) is 2.86. The van der Waals surface area contributed by atoms with Gasteiger partial charge in [-0.2, -0.15) is 9.29 Å². The highest BCUT2D eigenvalue weighted by molar-refractivity contribution is 7.76. The summed E-state index contributed by atoms with van der Waals surface area (Å²) in [5.74, 6) is -0.383. The zero-order chi connectivity index (χ0) is 27.1. The topological polar surface area (TPSA) is 161 Å². The number of ether oxygens (including phenoxy) is 3. The number of hydrogen-bond acceptors (Lipinski definition) is 9. The van der Waals surface area contributed by atoms with Gasteiger partial charge < -0.3 is 30.6 Å². The standard InChI is InChI=1S/C23H27FN6O6S/c1-13-6-5-7-17(15(13)11-30(37(32)33)12-20(25)31)28-22-16(24)10-26-23(29-22)27-14-8-18(34-2)21(36-4)19(9-14)35-3/h5-10H,11-12H2,1-4H3,(H2,25,31)(H,32,33)(H2,26,27,28,29). The SMILES string of the molecule is COc1cc(Nc2ncc(F)c(Nc3cccc(C)c3CN(CC(N)=O)S(=O)O)n2)cc(OC)c1OC. The lowest BCUT2D eigenvalue weighted by Crippen LogP contribution is -2.34. The van der Waals surface area contributed by atoms with E-state index in [0.717, 1.165) is 16.1 Å². The minimum Gasteiger partial charge on any atom is -0.493 e. The van der Waals surface area contributed by atoms with Crippen LogP contribution in [0.2, 0.25) is 0 Å². The van der Waals surface area contributed by atoms with E-state index in [1.54, 1.807) is 37.3 Å². The van der Waals surface area contributed by atoms with Crippen molar-refractivity contribution in [3.05, 3.63) is 53.5 Å². The number of aromatic nitrogens is 2. The molecule has 14 heteroatoms. The summed E-state index contributed by atoms with van der Waals surface area (Å²) in [6.45, 7) is 1.23. The van der Waals surface area contributed by atoms with Crippen LogP contribution in [0.15, 0.2) is 36.5 Å². The Morgan fingerprint density at radius 3 is 2.41 bits per heavy atom. The fourth-order valence-electron chi connectivity index (χ4n) is 3.47. The molecule has 0 aliphatic rings. The summed E-state index contributed by atoms with van der Waals surface area (Å²) < 4.78 is 53.0. The fourth-order valence-corrected chi connectivity index (χ4v) is 3.95. The molecule has 0 spiro atoms. The molecule has 1 unspecified atom stereocenters. The smallest absolute Gasteiger partial charge is 0.235 e. The second kappa shape index (κ2) is 12.3. The lowest BCUT2D eigenvalue weighted by Gasteiger charge is -2.20. The largest absolute Gasteiger partial charge is 0.493 e. The highest BCUT2D eigenvalue weighted by atomic mass is 32.2. The minimum absolute atomic E-state index is 0.0687. The first kappa shape index (κ1) is 27.6. The van der Waals surface area contributed by atoms with E-state index in [9.17, 15) is 17.9 Å². The van der Waals surface area contributed by atoms with Gasteiger partial charge in [0.2, 0.25) is 28.9 Å². The van der Waals surface area contributed by atoms with Gasteiger partial charge in [0, 0.05) is 30.1 Å². The number of rotatable bonds is 12. The molecule has 0 fully saturated rings. The maximum Gasteiger partial charge on any atom is 0.235 e. The summed E-state index contributed by atoms with van der Waals surface area (Å²) in [6, 6.07) is 8.43. The van der Waals surface area contributed by atoms with E-state index in [1.165, 1.54) is 21.3 Å². The summed E-state index contributed by atoms with van der Waals surface area (Å²) in [7, 11) is 4.45. The monoisotopic (exact) mass is 534 g/mol. The highest BCUT2D eigenvalue weighted by Gasteiger charge is 2.19. The fraction of sp³-hybridized carbons (Fsp3) is 0.261. The van der Waals surface area contributed by atoms with Gasteiger partial charge in [-0.25, -0.2) is 13.6 Å². The normalized spacial score (nSPS) is 11.6. The van der Waals surface area contributed by atoms with Crippen LogP contribution in [0.5, 0.6) is 17.2 Å². The maximum absolute atomic E-state index is 14.7. The third-order valence-corrected chi connectivity index (χ3v) is 5.92. The lowest BCUT2D eigenvalue weighted by molar-refractivity contribution is -0.118. The maximum atomic E-state index is 14.7. The molecule has 1 atom stereocenters. The Hall–Kier alpha value is -4.01. The Morgan fingerprint density at radius 1 is 1.16 bits per heavy atom. The van der Waals surface area contributed by atoms with Gasteiger partial charge in [-0.05, 0) is 24.1 Å². The number of anilines is 4. The van der Waals surface area contributed by atoms with E-state index in [1.807, 2.05) is 0 Å². The molecule has 3 aromatic rings. The van der Waals surface area contributed by atoms with E-state index in [2.05, 4.69) is 20.6 Å². The van der Waals surface area contributed by atoms with Crippen molar-refractivity contribution in [2.75, 3.05) is 38.5 Å². The molecule has 0 bridgehead atoms. The quantitative estimate of drug-likeness (QED) is 0.254. The molecule has 1 aromatic heterocycles. The van der Waals surface area contributed by atoms with E-state index < -0.39 is 29.5 Å². The number of aryl methyl sites for hydroxylation is 1. The first-order valence-corrected chi connectivity index (χ1v) is 11.8. The summed E-state index contributed by atoms with van der Waals surface area (Å²) in [6.07, 6.45) is 0.993. The van der Waals surface area contributed by atoms with Gasteiger partial charge in [0.1, 0.15) is 0 Å². The van der Waals surface area contributed by atoms with Crippen molar-refractivity contribution in [1.82, 2.24) is 14.3 Å². The predicted molar refractivity (Wildman–Crippen MR) is 136 cm³/mol. The molecule has 12 nitrogen and oxygen atoms in total. The van der Waals surface area contributed by atoms with Crippen LogP contribution in [0.3, 0.4) is 0 Å². The van der Waals surface area contributed by atoms with E-state index >= 15 is 0 Å². The summed E-state index contributed by atoms with van der Waals surface area (Å²) in [4.78, 5) is 19.6. The second-order valence-electron chi connectivity index (χ2n) is 7.65. The van der Waals surface area contributed by atoms with Gasteiger partial charge in [-0.3, -0.25) is 9.35 Å². The van der Waals surface area contributed by atoms with Gasteiger partial charge in [-0.1, -0.05) is 12.1 Å². The Labute approximate surface area is 215 Å². The van der Waals surface area contributed by atoms with Crippen molar-refractivity contribution in [2.45, 2.75) is 13.5 Å². The number of primary amides is 1. The average molecular weight is 535 g/mol. The van der Waals surface area contributed by atoms with Crippen LogP contribution >= 0.6 is 0 Å². The van der Waals surface area contributed by atoms with Gasteiger partial charge in [0.15, 0.2) is 23.1 Å². The molecular formula is C23H27FN6O6S. The molecule has 2 aromatic carbocycles. The van der Waals surface area contributed by atoms with Gasteiger partial charge in [0.05, 0.1) is 34.1 Å². The minimum atomic E-state index is -2.46. The molecule has 3 rings (SSSR count). The number of nitrogens with zero attached hydrogens (tertiary/aromatic N) is 3. The molecule has 5 N–H and O–H groups in total. The van der Waals surface area contributed by atoms with Gasteiger partial charge in [-0.15, -0.1) is 0 Å². The molecular weight excluding hydrogens is 507 g/mol. The molecule has 1 amide bonds. The van der Waals surface area contributed by atoms with Crippen LogP contribution in [0.1, 0.15) is 11.1 Å². The number of halogens is 1. The Morgan fingerprint density at radius 2 is 1.84 bits per heavy atom. The van der Waals surface area contributed by atoms with Crippen molar-refractivity contribution >= 4 is 40.3 Å². The number of amides is 1. The number of carbonyl (C=O) groups is 1. The summed E-state index contributed by atoms with van der Waals surface area (Å²) in [5.41, 5.74) is 7.38. The Balaban J connectivity index is 1.92. The average Bonchev–Trinajstić information content (AvgIpc) is 2.86. The zero-order valence-electron chi connectivity index (χ0n) is 20.6. The van der Waals surface area contributed by atoms with Gasteiger partial charge in [0.25, 0.3) is 0 Å². The van der Waals surface area contributed by atoms with Crippen LogP contribution in [0, 0.1) is 12.7 Å². The third kappa shape index (κ3) is 6.81. The van der Waals surface area contributed by atoms with E-state index in [-0.39, 0.29) is 18.3 Å². The Bertz CT molecular complexity index is 1290. The summed E-state index contributed by atoms with van der Waals surface area (Å²) in [5, 5.41) is 5.89. The third-order valence-electron chi connectivity index (χ3n) is 5.22. The lowest BCUT2D eigenvalue weighted by atomic mass is 10.1. The van der Waals surface area contributed by atoms with Crippen LogP contribution in [-0.2, 0) is 22.6 Å². The number of nitrogens with two attached hydrogens (primary N) is 1. The van der Waals surface area contributed by atoms with E-state index in [4.69, 9.17) is 19.9 Å². The van der Waals surface area contributed by atoms with Crippen molar-refractivity contribution < 1.29 is 32.2 Å². The van der Waals surface area contributed by atoms with Crippen LogP contribution in [0.25, 0.3) is 0 Å². The molecule has 0 saturated heterocycles. The van der Waals surface area contributed by atoms with E-state index in [0.29, 0.717) is 34.2 Å².